The van der Waals surface area contributed by atoms with E-state index in [2.05, 4.69) is 5.32 Å². The minimum Gasteiger partial charge on any atom is -0.352 e. The third kappa shape index (κ3) is 3.93. The summed E-state index contributed by atoms with van der Waals surface area (Å²) >= 11 is 1.54. The molecule has 1 amide bonds. The number of halogens is 3. The Balaban J connectivity index is 2.31. The fourth-order valence-corrected chi connectivity index (χ4v) is 3.58. The first-order valence-corrected chi connectivity index (χ1v) is 8.08. The summed E-state index contributed by atoms with van der Waals surface area (Å²) in [5.41, 5.74) is 1.63. The molecule has 1 aromatic carbocycles. The van der Waals surface area contributed by atoms with Crippen LogP contribution in [0.4, 0.5) is 13.2 Å². The fourth-order valence-electron chi connectivity index (χ4n) is 2.51. The lowest BCUT2D eigenvalue weighted by molar-refractivity contribution is -0.137. The number of alkyl halides is 3. The van der Waals surface area contributed by atoms with E-state index in [1.165, 1.54) is 23.5 Å². The summed E-state index contributed by atoms with van der Waals surface area (Å²) in [4.78, 5) is 14.2. The van der Waals surface area contributed by atoms with Crippen molar-refractivity contribution in [3.63, 3.8) is 0 Å². The van der Waals surface area contributed by atoms with Gasteiger partial charge in [0.15, 0.2) is 0 Å². The summed E-state index contributed by atoms with van der Waals surface area (Å²) in [7, 11) is 0. The highest BCUT2D eigenvalue weighted by Gasteiger charge is 2.30. The number of hydrogen-bond acceptors (Lipinski definition) is 2. The SMILES string of the molecule is CCNC(=O)c1c(C)sc(C)c1Cc1ccc(C(F)(F)F)cc1. The van der Waals surface area contributed by atoms with Gasteiger partial charge >= 0.3 is 6.18 Å². The van der Waals surface area contributed by atoms with Crippen LogP contribution in [0.1, 0.15) is 43.7 Å². The third-order valence-electron chi connectivity index (χ3n) is 3.61. The van der Waals surface area contributed by atoms with Crippen molar-refractivity contribution in [3.8, 4) is 0 Å². The van der Waals surface area contributed by atoms with E-state index in [4.69, 9.17) is 0 Å². The van der Waals surface area contributed by atoms with E-state index < -0.39 is 11.7 Å². The maximum Gasteiger partial charge on any atom is 0.416 e. The number of benzene rings is 1. The van der Waals surface area contributed by atoms with Crippen molar-refractivity contribution in [1.29, 1.82) is 0 Å². The van der Waals surface area contributed by atoms with Crippen molar-refractivity contribution in [3.05, 3.63) is 56.3 Å². The van der Waals surface area contributed by atoms with Crippen LogP contribution in [0.5, 0.6) is 0 Å². The summed E-state index contributed by atoms with van der Waals surface area (Å²) < 4.78 is 37.9. The summed E-state index contributed by atoms with van der Waals surface area (Å²) in [5.74, 6) is -0.128. The molecule has 1 heterocycles. The zero-order valence-corrected chi connectivity index (χ0v) is 14.0. The topological polar surface area (TPSA) is 29.1 Å². The van der Waals surface area contributed by atoms with E-state index in [9.17, 15) is 18.0 Å². The lowest BCUT2D eigenvalue weighted by Gasteiger charge is -2.09. The van der Waals surface area contributed by atoms with Gasteiger partial charge in [0, 0.05) is 16.3 Å². The molecule has 0 aliphatic rings. The minimum atomic E-state index is -4.33. The Hall–Kier alpha value is -1.82. The van der Waals surface area contributed by atoms with Crippen LogP contribution in [0.25, 0.3) is 0 Å². The molecule has 0 fully saturated rings. The third-order valence-corrected chi connectivity index (χ3v) is 4.67. The zero-order chi connectivity index (χ0) is 17.2. The Labute approximate surface area is 137 Å². The highest BCUT2D eigenvalue weighted by molar-refractivity contribution is 7.12. The Kier molecular flexibility index (Phi) is 5.14. The van der Waals surface area contributed by atoms with Gasteiger partial charge in [-0.3, -0.25) is 4.79 Å². The summed E-state index contributed by atoms with van der Waals surface area (Å²) in [6, 6.07) is 5.10. The number of hydrogen-bond donors (Lipinski definition) is 1. The maximum atomic E-state index is 12.6. The smallest absolute Gasteiger partial charge is 0.352 e. The highest BCUT2D eigenvalue weighted by Crippen LogP contribution is 2.32. The summed E-state index contributed by atoms with van der Waals surface area (Å²) in [5, 5.41) is 2.79. The Bertz CT molecular complexity index is 702. The van der Waals surface area contributed by atoms with Gasteiger partial charge in [-0.2, -0.15) is 13.2 Å². The maximum absolute atomic E-state index is 12.6. The second kappa shape index (κ2) is 6.74. The molecule has 124 valence electrons. The van der Waals surface area contributed by atoms with Crippen molar-refractivity contribution in [2.24, 2.45) is 0 Å². The van der Waals surface area contributed by atoms with Gasteiger partial charge in [0.2, 0.25) is 0 Å². The van der Waals surface area contributed by atoms with Crippen molar-refractivity contribution >= 4 is 17.2 Å². The van der Waals surface area contributed by atoms with E-state index in [1.807, 2.05) is 20.8 Å². The zero-order valence-electron chi connectivity index (χ0n) is 13.2. The first-order chi connectivity index (χ1) is 10.7. The van der Waals surface area contributed by atoms with Crippen molar-refractivity contribution < 1.29 is 18.0 Å². The molecule has 0 aliphatic carbocycles. The molecule has 0 unspecified atom stereocenters. The summed E-state index contributed by atoms with van der Waals surface area (Å²) in [6.07, 6.45) is -3.89. The highest BCUT2D eigenvalue weighted by atomic mass is 32.1. The van der Waals surface area contributed by atoms with E-state index in [0.29, 0.717) is 18.5 Å². The van der Waals surface area contributed by atoms with Gasteiger partial charge in [0.05, 0.1) is 11.1 Å². The quantitative estimate of drug-likeness (QED) is 0.856. The van der Waals surface area contributed by atoms with Gasteiger partial charge in [-0.05, 0) is 50.5 Å². The average molecular weight is 341 g/mol. The molecule has 1 N–H and O–H groups in total. The molecule has 0 aliphatic heterocycles. The second-order valence-corrected chi connectivity index (χ2v) is 6.73. The minimum absolute atomic E-state index is 0.128. The molecule has 2 aromatic rings. The molecule has 6 heteroatoms. The number of carbonyl (C=O) groups is 1. The Morgan fingerprint density at radius 1 is 1.13 bits per heavy atom. The molecule has 2 rings (SSSR count). The predicted molar refractivity (Wildman–Crippen MR) is 86.1 cm³/mol. The van der Waals surface area contributed by atoms with Crippen LogP contribution in [0, 0.1) is 13.8 Å². The number of amides is 1. The average Bonchev–Trinajstić information content (AvgIpc) is 2.73. The van der Waals surface area contributed by atoms with Gasteiger partial charge in [0.1, 0.15) is 0 Å². The molecule has 0 bridgehead atoms. The molecule has 23 heavy (non-hydrogen) atoms. The molecule has 0 saturated heterocycles. The Morgan fingerprint density at radius 3 is 2.26 bits per heavy atom. The fraction of sp³-hybridized carbons (Fsp3) is 0.353. The van der Waals surface area contributed by atoms with E-state index in [1.54, 1.807) is 0 Å². The Morgan fingerprint density at radius 2 is 1.74 bits per heavy atom. The number of nitrogens with one attached hydrogen (secondary N) is 1. The summed E-state index contributed by atoms with van der Waals surface area (Å²) in [6.45, 7) is 6.20. The van der Waals surface area contributed by atoms with Gasteiger partial charge in [-0.15, -0.1) is 11.3 Å². The molecular formula is C17H18F3NOS. The number of aryl methyl sites for hydroxylation is 2. The van der Waals surface area contributed by atoms with Crippen LogP contribution in [-0.2, 0) is 12.6 Å². The van der Waals surface area contributed by atoms with Crippen LogP contribution in [0.15, 0.2) is 24.3 Å². The molecule has 2 nitrogen and oxygen atoms in total. The molecule has 0 radical (unpaired) electrons. The van der Waals surface area contributed by atoms with Crippen LogP contribution >= 0.6 is 11.3 Å². The van der Waals surface area contributed by atoms with E-state index in [0.717, 1.165) is 33.0 Å². The van der Waals surface area contributed by atoms with Crippen molar-refractivity contribution in [1.82, 2.24) is 5.32 Å². The van der Waals surface area contributed by atoms with Crippen molar-refractivity contribution in [2.75, 3.05) is 6.54 Å². The lowest BCUT2D eigenvalue weighted by Crippen LogP contribution is -2.24. The van der Waals surface area contributed by atoms with Crippen molar-refractivity contribution in [2.45, 2.75) is 33.4 Å². The first-order valence-electron chi connectivity index (χ1n) is 7.27. The van der Waals surface area contributed by atoms with Gasteiger partial charge in [-0.1, -0.05) is 12.1 Å². The molecule has 0 saturated carbocycles. The molecule has 0 spiro atoms. The largest absolute Gasteiger partial charge is 0.416 e. The monoisotopic (exact) mass is 341 g/mol. The van der Waals surface area contributed by atoms with Crippen LogP contribution in [0.3, 0.4) is 0 Å². The van der Waals surface area contributed by atoms with Crippen LogP contribution in [-0.4, -0.2) is 12.5 Å². The van der Waals surface area contributed by atoms with Gasteiger partial charge < -0.3 is 5.32 Å². The molecular weight excluding hydrogens is 323 g/mol. The standard InChI is InChI=1S/C17H18F3NOS/c1-4-21-16(22)15-11(3)23-10(2)14(15)9-12-5-7-13(8-6-12)17(18,19)20/h5-8H,4,9H2,1-3H3,(H,21,22). The van der Waals surface area contributed by atoms with E-state index >= 15 is 0 Å². The lowest BCUT2D eigenvalue weighted by atomic mass is 9.99. The number of rotatable bonds is 4. The first kappa shape index (κ1) is 17.5. The predicted octanol–water partition coefficient (Wildman–Crippen LogP) is 4.72. The van der Waals surface area contributed by atoms with Crippen LogP contribution < -0.4 is 5.32 Å². The van der Waals surface area contributed by atoms with Gasteiger partial charge in [0.25, 0.3) is 5.91 Å². The second-order valence-electron chi connectivity index (χ2n) is 5.30. The van der Waals surface area contributed by atoms with Gasteiger partial charge in [-0.25, -0.2) is 0 Å². The number of thiophene rings is 1. The van der Waals surface area contributed by atoms with E-state index in [-0.39, 0.29) is 5.91 Å². The normalized spacial score (nSPS) is 11.6. The molecule has 0 atom stereocenters. The van der Waals surface area contributed by atoms with Crippen LogP contribution in [0.2, 0.25) is 0 Å². The molecule has 1 aromatic heterocycles. The number of carbonyl (C=O) groups excluding carboxylic acids is 1.